The van der Waals surface area contributed by atoms with E-state index in [1.165, 1.54) is 18.2 Å². The Morgan fingerprint density at radius 2 is 1.80 bits per heavy atom. The second kappa shape index (κ2) is 9.11. The standard InChI is InChI=1S/C20H21ClF3N3O3/c1-26-6-8-27(9-7-26)12-13-10-14(21)11-17(18(13)28)19(29)25-15-2-4-16(5-3-15)30-20(22,23)24/h2-5,10-11,28H,6-9,12H2,1H3,(H,25,29). The molecule has 2 aromatic carbocycles. The summed E-state index contributed by atoms with van der Waals surface area (Å²) >= 11 is 6.15. The number of aromatic hydroxyl groups is 1. The number of phenolic OH excluding ortho intramolecular Hbond substituents is 1. The molecule has 2 N–H and O–H groups in total. The Hall–Kier alpha value is -2.49. The van der Waals surface area contributed by atoms with Crippen molar-refractivity contribution in [1.29, 1.82) is 0 Å². The molecular formula is C20H21ClF3N3O3. The molecule has 1 aliphatic rings. The maximum Gasteiger partial charge on any atom is 0.573 e. The van der Waals surface area contributed by atoms with Gasteiger partial charge in [-0.2, -0.15) is 0 Å². The first-order valence-corrected chi connectivity index (χ1v) is 9.58. The molecule has 0 bridgehead atoms. The molecule has 0 radical (unpaired) electrons. The largest absolute Gasteiger partial charge is 0.573 e. The zero-order valence-corrected chi connectivity index (χ0v) is 16.9. The number of ether oxygens (including phenoxy) is 1. The van der Waals surface area contributed by atoms with E-state index in [1.54, 1.807) is 6.07 Å². The first kappa shape index (κ1) is 22.2. The van der Waals surface area contributed by atoms with Crippen LogP contribution in [0, 0.1) is 0 Å². The average Bonchev–Trinajstić information content (AvgIpc) is 2.66. The number of carbonyl (C=O) groups excluding carboxylic acids is 1. The van der Waals surface area contributed by atoms with Crippen LogP contribution < -0.4 is 10.1 Å². The van der Waals surface area contributed by atoms with E-state index in [1.807, 2.05) is 7.05 Å². The van der Waals surface area contributed by atoms with Crippen molar-refractivity contribution >= 4 is 23.2 Å². The normalized spacial score (nSPS) is 15.8. The molecule has 0 spiro atoms. The number of nitrogens with zero attached hydrogens (tertiary/aromatic N) is 2. The van der Waals surface area contributed by atoms with Crippen molar-refractivity contribution in [3.63, 3.8) is 0 Å². The molecule has 0 aliphatic carbocycles. The number of halogens is 4. The van der Waals surface area contributed by atoms with Gasteiger partial charge in [0.15, 0.2) is 0 Å². The van der Waals surface area contributed by atoms with Gasteiger partial charge in [-0.1, -0.05) is 11.6 Å². The number of rotatable bonds is 5. The summed E-state index contributed by atoms with van der Waals surface area (Å²) in [7, 11) is 2.04. The van der Waals surface area contributed by atoms with Crippen molar-refractivity contribution < 1.29 is 27.8 Å². The number of amides is 1. The molecule has 0 unspecified atom stereocenters. The van der Waals surface area contributed by atoms with Gasteiger partial charge in [0.05, 0.1) is 5.56 Å². The molecule has 1 aliphatic heterocycles. The summed E-state index contributed by atoms with van der Waals surface area (Å²) in [6, 6.07) is 7.67. The molecule has 2 aromatic rings. The molecule has 6 nitrogen and oxygen atoms in total. The number of hydrogen-bond donors (Lipinski definition) is 2. The van der Waals surface area contributed by atoms with E-state index in [2.05, 4.69) is 19.9 Å². The Morgan fingerprint density at radius 3 is 2.40 bits per heavy atom. The Labute approximate surface area is 176 Å². The third-order valence-corrected chi connectivity index (χ3v) is 4.95. The van der Waals surface area contributed by atoms with Crippen molar-refractivity contribution in [2.24, 2.45) is 0 Å². The maximum absolute atomic E-state index is 12.6. The minimum atomic E-state index is -4.79. The number of carbonyl (C=O) groups is 1. The van der Waals surface area contributed by atoms with Crippen LogP contribution in [-0.4, -0.2) is 60.4 Å². The predicted octanol–water partition coefficient (Wildman–Crippen LogP) is 3.94. The monoisotopic (exact) mass is 443 g/mol. The van der Waals surface area contributed by atoms with E-state index >= 15 is 0 Å². The van der Waals surface area contributed by atoms with Gasteiger partial charge in [0.25, 0.3) is 5.91 Å². The third kappa shape index (κ3) is 6.01. The lowest BCUT2D eigenvalue weighted by Gasteiger charge is -2.32. The molecular weight excluding hydrogens is 423 g/mol. The highest BCUT2D eigenvalue weighted by Crippen LogP contribution is 2.30. The lowest BCUT2D eigenvalue weighted by molar-refractivity contribution is -0.274. The average molecular weight is 444 g/mol. The smallest absolute Gasteiger partial charge is 0.507 e. The van der Waals surface area contributed by atoms with Crippen LogP contribution in [0.15, 0.2) is 36.4 Å². The second-order valence-electron chi connectivity index (χ2n) is 7.07. The third-order valence-electron chi connectivity index (χ3n) is 4.73. The fourth-order valence-corrected chi connectivity index (χ4v) is 3.38. The zero-order chi connectivity index (χ0) is 21.9. The van der Waals surface area contributed by atoms with Crippen molar-refractivity contribution in [3.05, 3.63) is 52.5 Å². The summed E-state index contributed by atoms with van der Waals surface area (Å²) in [6.07, 6.45) is -4.79. The number of nitrogens with one attached hydrogen (secondary N) is 1. The molecule has 0 aromatic heterocycles. The maximum atomic E-state index is 12.6. The van der Waals surface area contributed by atoms with Crippen LogP contribution >= 0.6 is 11.6 Å². The minimum Gasteiger partial charge on any atom is -0.507 e. The first-order chi connectivity index (χ1) is 14.1. The molecule has 1 heterocycles. The van der Waals surface area contributed by atoms with E-state index in [4.69, 9.17) is 11.6 Å². The number of alkyl halides is 3. The highest BCUT2D eigenvalue weighted by atomic mass is 35.5. The Kier molecular flexibility index (Phi) is 6.74. The molecule has 162 valence electrons. The zero-order valence-electron chi connectivity index (χ0n) is 16.2. The molecule has 3 rings (SSSR count). The van der Waals surface area contributed by atoms with Crippen molar-refractivity contribution in [2.75, 3.05) is 38.5 Å². The van der Waals surface area contributed by atoms with Gasteiger partial charge in [-0.3, -0.25) is 9.69 Å². The topological polar surface area (TPSA) is 65.0 Å². The predicted molar refractivity (Wildman–Crippen MR) is 107 cm³/mol. The molecule has 10 heteroatoms. The summed E-state index contributed by atoms with van der Waals surface area (Å²) in [6.45, 7) is 3.92. The fourth-order valence-electron chi connectivity index (χ4n) is 3.13. The Bertz CT molecular complexity index is 899. The highest BCUT2D eigenvalue weighted by molar-refractivity contribution is 6.31. The van der Waals surface area contributed by atoms with Crippen LogP contribution in [-0.2, 0) is 6.54 Å². The van der Waals surface area contributed by atoms with Crippen molar-refractivity contribution in [2.45, 2.75) is 12.9 Å². The lowest BCUT2D eigenvalue weighted by Crippen LogP contribution is -2.43. The van der Waals surface area contributed by atoms with Crippen molar-refractivity contribution in [1.82, 2.24) is 9.80 Å². The number of hydrogen-bond acceptors (Lipinski definition) is 5. The van der Waals surface area contributed by atoms with Gasteiger partial charge < -0.3 is 20.1 Å². The van der Waals surface area contributed by atoms with Gasteiger partial charge in [0.2, 0.25) is 0 Å². The quantitative estimate of drug-likeness (QED) is 0.732. The molecule has 1 fully saturated rings. The van der Waals surface area contributed by atoms with Gasteiger partial charge in [-0.15, -0.1) is 13.2 Å². The van der Waals surface area contributed by atoms with E-state index in [9.17, 15) is 23.1 Å². The number of piperazine rings is 1. The Morgan fingerprint density at radius 1 is 1.17 bits per heavy atom. The minimum absolute atomic E-state index is 0.0118. The summed E-state index contributed by atoms with van der Waals surface area (Å²) in [4.78, 5) is 17.0. The van der Waals surface area contributed by atoms with Crippen LogP contribution in [0.5, 0.6) is 11.5 Å². The molecule has 30 heavy (non-hydrogen) atoms. The number of phenols is 1. The number of likely N-dealkylation sites (N-methyl/N-ethyl adjacent to an activating group) is 1. The summed E-state index contributed by atoms with van der Waals surface area (Å²) in [5, 5.41) is 13.5. The molecule has 1 saturated heterocycles. The molecule has 1 amide bonds. The Balaban J connectivity index is 1.72. The SMILES string of the molecule is CN1CCN(Cc2cc(Cl)cc(C(=O)Nc3ccc(OC(F)(F)F)cc3)c2O)CC1. The van der Waals surface area contributed by atoms with Crippen molar-refractivity contribution in [3.8, 4) is 11.5 Å². The first-order valence-electron chi connectivity index (χ1n) is 9.20. The van der Waals surface area contributed by atoms with Crippen LogP contribution in [0.4, 0.5) is 18.9 Å². The molecule has 0 saturated carbocycles. The highest BCUT2D eigenvalue weighted by Gasteiger charge is 2.31. The molecule has 0 atom stereocenters. The van der Waals surface area contributed by atoms with Crippen LogP contribution in [0.1, 0.15) is 15.9 Å². The second-order valence-corrected chi connectivity index (χ2v) is 7.50. The van der Waals surface area contributed by atoms with E-state index in [0.29, 0.717) is 17.1 Å². The van der Waals surface area contributed by atoms with Gasteiger partial charge in [-0.25, -0.2) is 0 Å². The summed E-state index contributed by atoms with van der Waals surface area (Å²) in [5.74, 6) is -1.20. The summed E-state index contributed by atoms with van der Waals surface area (Å²) < 4.78 is 40.5. The number of benzene rings is 2. The van der Waals surface area contributed by atoms with Gasteiger partial charge in [-0.05, 0) is 43.4 Å². The van der Waals surface area contributed by atoms with E-state index in [-0.39, 0.29) is 17.0 Å². The van der Waals surface area contributed by atoms with Gasteiger partial charge in [0.1, 0.15) is 11.5 Å². The van der Waals surface area contributed by atoms with Crippen LogP contribution in [0.3, 0.4) is 0 Å². The fraction of sp³-hybridized carbons (Fsp3) is 0.350. The van der Waals surface area contributed by atoms with Gasteiger partial charge in [0, 0.05) is 49.0 Å². The van der Waals surface area contributed by atoms with Crippen LogP contribution in [0.2, 0.25) is 5.02 Å². The van der Waals surface area contributed by atoms with Crippen LogP contribution in [0.25, 0.3) is 0 Å². The van der Waals surface area contributed by atoms with Gasteiger partial charge >= 0.3 is 6.36 Å². The summed E-state index contributed by atoms with van der Waals surface area (Å²) in [5.41, 5.74) is 0.767. The van der Waals surface area contributed by atoms with E-state index < -0.39 is 18.0 Å². The van der Waals surface area contributed by atoms with E-state index in [0.717, 1.165) is 38.3 Å². The number of anilines is 1. The lowest BCUT2D eigenvalue weighted by atomic mass is 10.1.